The normalized spacial score (nSPS) is 16.6. The predicted molar refractivity (Wildman–Crippen MR) is 71.2 cm³/mol. The van der Waals surface area contributed by atoms with Crippen LogP contribution in [0.5, 0.6) is 0 Å². The second-order valence-corrected chi connectivity index (χ2v) is 4.69. The van der Waals surface area contributed by atoms with Crippen LogP contribution in [0.1, 0.15) is 26.7 Å². The first-order valence-electron chi connectivity index (χ1n) is 6.23. The molecule has 3 N–H and O–H groups in total. The Kier molecular flexibility index (Phi) is 3.36. The van der Waals surface area contributed by atoms with Gasteiger partial charge in [0.1, 0.15) is 11.6 Å². The van der Waals surface area contributed by atoms with E-state index in [0.29, 0.717) is 12.0 Å². The lowest BCUT2D eigenvalue weighted by Crippen LogP contribution is -2.31. The Labute approximate surface area is 102 Å². The molecule has 1 unspecified atom stereocenters. The molecule has 1 aliphatic carbocycles. The summed E-state index contributed by atoms with van der Waals surface area (Å²) >= 11 is 0. The number of anilines is 3. The molecule has 5 nitrogen and oxygen atoms in total. The first-order chi connectivity index (χ1) is 8.11. The lowest BCUT2D eigenvalue weighted by Gasteiger charge is -2.26. The van der Waals surface area contributed by atoms with E-state index in [4.69, 9.17) is 5.73 Å². The molecule has 1 saturated carbocycles. The number of nitrogen functional groups attached to an aromatic ring is 1. The Bertz CT molecular complexity index is 388. The molecule has 0 amide bonds. The van der Waals surface area contributed by atoms with Crippen molar-refractivity contribution in [1.82, 2.24) is 9.97 Å². The molecule has 2 rings (SSSR count). The highest BCUT2D eigenvalue weighted by atomic mass is 15.2. The molecule has 94 valence electrons. The second kappa shape index (κ2) is 4.77. The molecule has 0 bridgehead atoms. The number of nitrogens with zero attached hydrogens (tertiary/aromatic N) is 3. The fourth-order valence-corrected chi connectivity index (χ4v) is 2.01. The molecule has 17 heavy (non-hydrogen) atoms. The second-order valence-electron chi connectivity index (χ2n) is 4.69. The standard InChI is InChI=1S/C12H21N5/c1-4-14-10-7-11(16-12(13)15-10)17(3)8(2)9-5-6-9/h7-9H,4-6H2,1-3H3,(H3,13,14,15,16). The molecule has 1 aromatic rings. The zero-order chi connectivity index (χ0) is 12.4. The van der Waals surface area contributed by atoms with Crippen LogP contribution in [0.25, 0.3) is 0 Å². The van der Waals surface area contributed by atoms with Crippen molar-refractivity contribution < 1.29 is 0 Å². The minimum absolute atomic E-state index is 0.327. The van der Waals surface area contributed by atoms with Crippen molar-refractivity contribution in [2.24, 2.45) is 5.92 Å². The molecule has 5 heteroatoms. The van der Waals surface area contributed by atoms with Gasteiger partial charge >= 0.3 is 0 Å². The van der Waals surface area contributed by atoms with E-state index in [1.165, 1.54) is 12.8 Å². The van der Waals surface area contributed by atoms with Gasteiger partial charge in [-0.05, 0) is 32.6 Å². The lowest BCUT2D eigenvalue weighted by molar-refractivity contribution is 0.604. The van der Waals surface area contributed by atoms with Gasteiger partial charge in [0.05, 0.1) is 0 Å². The number of hydrogen-bond donors (Lipinski definition) is 2. The highest BCUT2D eigenvalue weighted by molar-refractivity contribution is 5.52. The average molecular weight is 235 g/mol. The van der Waals surface area contributed by atoms with E-state index in [-0.39, 0.29) is 0 Å². The van der Waals surface area contributed by atoms with E-state index in [1.807, 2.05) is 13.0 Å². The third-order valence-corrected chi connectivity index (χ3v) is 3.36. The summed E-state index contributed by atoms with van der Waals surface area (Å²) in [6.07, 6.45) is 2.65. The van der Waals surface area contributed by atoms with Crippen LogP contribution in [0, 0.1) is 5.92 Å². The van der Waals surface area contributed by atoms with Crippen LogP contribution in [0.4, 0.5) is 17.6 Å². The van der Waals surface area contributed by atoms with Crippen LogP contribution >= 0.6 is 0 Å². The van der Waals surface area contributed by atoms with Crippen molar-refractivity contribution in [3.63, 3.8) is 0 Å². The van der Waals surface area contributed by atoms with E-state index < -0.39 is 0 Å². The topological polar surface area (TPSA) is 67.1 Å². The smallest absolute Gasteiger partial charge is 0.223 e. The van der Waals surface area contributed by atoms with Crippen LogP contribution in [-0.4, -0.2) is 29.6 Å². The lowest BCUT2D eigenvalue weighted by atomic mass is 10.2. The van der Waals surface area contributed by atoms with Gasteiger partial charge < -0.3 is 16.0 Å². The maximum atomic E-state index is 5.73. The summed E-state index contributed by atoms with van der Waals surface area (Å²) in [4.78, 5) is 10.6. The van der Waals surface area contributed by atoms with Crippen molar-refractivity contribution >= 4 is 17.6 Å². The van der Waals surface area contributed by atoms with Gasteiger partial charge in [0, 0.05) is 25.7 Å². The van der Waals surface area contributed by atoms with Gasteiger partial charge in [-0.25, -0.2) is 0 Å². The van der Waals surface area contributed by atoms with Crippen molar-refractivity contribution in [2.75, 3.05) is 29.5 Å². The Hall–Kier alpha value is -1.52. The van der Waals surface area contributed by atoms with Crippen LogP contribution in [0.3, 0.4) is 0 Å². The number of nitrogens with two attached hydrogens (primary N) is 1. The van der Waals surface area contributed by atoms with Crippen LogP contribution in [-0.2, 0) is 0 Å². The zero-order valence-corrected chi connectivity index (χ0v) is 10.8. The largest absolute Gasteiger partial charge is 0.370 e. The number of nitrogens with one attached hydrogen (secondary N) is 1. The number of aromatic nitrogens is 2. The highest BCUT2D eigenvalue weighted by Gasteiger charge is 2.31. The minimum Gasteiger partial charge on any atom is -0.370 e. The maximum absolute atomic E-state index is 5.73. The number of hydrogen-bond acceptors (Lipinski definition) is 5. The van der Waals surface area contributed by atoms with Crippen LogP contribution < -0.4 is 16.0 Å². The summed E-state index contributed by atoms with van der Waals surface area (Å²) in [5.41, 5.74) is 5.73. The van der Waals surface area contributed by atoms with Gasteiger partial charge in [-0.2, -0.15) is 9.97 Å². The average Bonchev–Trinajstić information content (AvgIpc) is 3.10. The fraction of sp³-hybridized carbons (Fsp3) is 0.667. The highest BCUT2D eigenvalue weighted by Crippen LogP contribution is 2.36. The van der Waals surface area contributed by atoms with Gasteiger partial charge in [-0.1, -0.05) is 0 Å². The molecule has 1 heterocycles. The van der Waals surface area contributed by atoms with E-state index in [0.717, 1.165) is 24.1 Å². The molecule has 1 fully saturated rings. The van der Waals surface area contributed by atoms with Crippen LogP contribution in [0.2, 0.25) is 0 Å². The third kappa shape index (κ3) is 2.78. The molecular weight excluding hydrogens is 214 g/mol. The third-order valence-electron chi connectivity index (χ3n) is 3.36. The Balaban J connectivity index is 2.18. The summed E-state index contributed by atoms with van der Waals surface area (Å²) in [6, 6.07) is 2.47. The summed E-state index contributed by atoms with van der Waals surface area (Å²) < 4.78 is 0. The van der Waals surface area contributed by atoms with Gasteiger partial charge in [0.25, 0.3) is 0 Å². The molecule has 1 aromatic heterocycles. The van der Waals surface area contributed by atoms with Gasteiger partial charge in [-0.3, -0.25) is 0 Å². The van der Waals surface area contributed by atoms with E-state index >= 15 is 0 Å². The molecule has 1 aliphatic rings. The summed E-state index contributed by atoms with van der Waals surface area (Å²) in [5.74, 6) is 2.82. The molecule has 0 saturated heterocycles. The van der Waals surface area contributed by atoms with E-state index in [1.54, 1.807) is 0 Å². The zero-order valence-electron chi connectivity index (χ0n) is 10.8. The Morgan fingerprint density at radius 3 is 2.82 bits per heavy atom. The van der Waals surface area contributed by atoms with Crippen molar-refractivity contribution in [3.05, 3.63) is 6.07 Å². The van der Waals surface area contributed by atoms with Gasteiger partial charge in [-0.15, -0.1) is 0 Å². The Morgan fingerprint density at radius 2 is 2.24 bits per heavy atom. The molecule has 1 atom stereocenters. The first-order valence-corrected chi connectivity index (χ1v) is 6.23. The fourth-order valence-electron chi connectivity index (χ4n) is 2.01. The minimum atomic E-state index is 0.327. The quantitative estimate of drug-likeness (QED) is 0.813. The maximum Gasteiger partial charge on any atom is 0.223 e. The molecule has 0 spiro atoms. The predicted octanol–water partition coefficient (Wildman–Crippen LogP) is 1.73. The molecule has 0 aliphatic heterocycles. The van der Waals surface area contributed by atoms with Crippen molar-refractivity contribution in [3.8, 4) is 0 Å². The molecule has 0 radical (unpaired) electrons. The SMILES string of the molecule is CCNc1cc(N(C)C(C)C2CC2)nc(N)n1. The monoisotopic (exact) mass is 235 g/mol. The van der Waals surface area contributed by atoms with E-state index in [9.17, 15) is 0 Å². The van der Waals surface area contributed by atoms with Gasteiger partial charge in [0.2, 0.25) is 5.95 Å². The van der Waals surface area contributed by atoms with Gasteiger partial charge in [0.15, 0.2) is 0 Å². The van der Waals surface area contributed by atoms with E-state index in [2.05, 4.69) is 34.2 Å². The summed E-state index contributed by atoms with van der Waals surface area (Å²) in [5, 5.41) is 3.17. The molecule has 0 aromatic carbocycles. The summed E-state index contributed by atoms with van der Waals surface area (Å²) in [7, 11) is 2.07. The van der Waals surface area contributed by atoms with Crippen molar-refractivity contribution in [2.45, 2.75) is 32.7 Å². The summed E-state index contributed by atoms with van der Waals surface area (Å²) in [6.45, 7) is 5.11. The first kappa shape index (κ1) is 12.0. The van der Waals surface area contributed by atoms with Crippen molar-refractivity contribution in [1.29, 1.82) is 0 Å². The molecular formula is C12H21N5. The Morgan fingerprint density at radius 1 is 1.53 bits per heavy atom. The van der Waals surface area contributed by atoms with Crippen LogP contribution in [0.15, 0.2) is 6.07 Å². The number of rotatable bonds is 5.